The van der Waals surface area contributed by atoms with Crippen molar-refractivity contribution in [2.75, 3.05) is 5.32 Å². The molecule has 4 nitrogen and oxygen atoms in total. The van der Waals surface area contributed by atoms with E-state index in [1.807, 2.05) is 25.1 Å². The average Bonchev–Trinajstić information content (AvgIpc) is 2.77. The van der Waals surface area contributed by atoms with E-state index in [9.17, 15) is 4.79 Å². The fraction of sp³-hybridized carbons (Fsp3) is 0.300. The van der Waals surface area contributed by atoms with Gasteiger partial charge in [-0.15, -0.1) is 0 Å². The van der Waals surface area contributed by atoms with Crippen LogP contribution in [-0.4, -0.2) is 19.5 Å². The lowest BCUT2D eigenvalue weighted by Crippen LogP contribution is -2.22. The summed E-state index contributed by atoms with van der Waals surface area (Å²) < 4.78 is 8.28. The first-order valence-corrected chi connectivity index (χ1v) is 6.53. The number of alkyl halides is 1. The zero-order chi connectivity index (χ0) is 11.5. The van der Waals surface area contributed by atoms with Crippen LogP contribution in [0, 0.1) is 0 Å². The van der Waals surface area contributed by atoms with Crippen molar-refractivity contribution in [3.63, 3.8) is 0 Å². The molecule has 1 aromatic carbocycles. The monoisotopic (exact) mass is 299 g/mol. The Hall–Kier alpha value is -1.01. The molecule has 0 aliphatic heterocycles. The van der Waals surface area contributed by atoms with E-state index >= 15 is 0 Å². The average molecular weight is 300 g/mol. The molecule has 1 heterocycles. The molecule has 6 heteroatoms. The third-order valence-electron chi connectivity index (χ3n) is 2.19. The molecule has 0 bridgehead atoms. The van der Waals surface area contributed by atoms with Gasteiger partial charge in [-0.05, 0) is 18.6 Å². The molecule has 0 aliphatic rings. The summed E-state index contributed by atoms with van der Waals surface area (Å²) in [6.45, 7) is 1.95. The van der Waals surface area contributed by atoms with Crippen LogP contribution >= 0.6 is 27.7 Å². The van der Waals surface area contributed by atoms with E-state index in [-0.39, 0.29) is 10.7 Å². The topological polar surface area (TPSA) is 54.9 Å². The lowest BCUT2D eigenvalue weighted by Gasteiger charge is -2.08. The molecule has 1 amide bonds. The number of carbonyl (C=O) groups excluding carboxylic acids is 1. The molecule has 84 valence electrons. The maximum Gasteiger partial charge on any atom is 0.238 e. The van der Waals surface area contributed by atoms with Gasteiger partial charge >= 0.3 is 0 Å². The second kappa shape index (κ2) is 4.88. The Morgan fingerprint density at radius 3 is 3.12 bits per heavy atom. The number of carbonyl (C=O) groups is 1. The lowest BCUT2D eigenvalue weighted by atomic mass is 10.2. The number of amides is 1. The van der Waals surface area contributed by atoms with Gasteiger partial charge in [0.05, 0.1) is 22.2 Å². The van der Waals surface area contributed by atoms with Gasteiger partial charge in [-0.25, -0.2) is 0 Å². The fourth-order valence-electron chi connectivity index (χ4n) is 1.30. The zero-order valence-corrected chi connectivity index (χ0v) is 11.0. The minimum absolute atomic E-state index is 0.0528. The van der Waals surface area contributed by atoms with E-state index in [2.05, 4.69) is 30.0 Å². The molecule has 1 aromatic heterocycles. The second-order valence-electron chi connectivity index (χ2n) is 3.30. The van der Waals surface area contributed by atoms with Crippen LogP contribution in [0.5, 0.6) is 0 Å². The van der Waals surface area contributed by atoms with E-state index in [1.165, 1.54) is 0 Å². The minimum atomic E-state index is -0.172. The molecule has 0 saturated heterocycles. The van der Waals surface area contributed by atoms with Crippen molar-refractivity contribution in [1.29, 1.82) is 0 Å². The van der Waals surface area contributed by atoms with Gasteiger partial charge in [0.25, 0.3) is 0 Å². The number of halogens is 1. The van der Waals surface area contributed by atoms with Crippen LogP contribution in [0.3, 0.4) is 0 Å². The summed E-state index contributed by atoms with van der Waals surface area (Å²) in [5, 5.41) is 2.84. The highest BCUT2D eigenvalue weighted by atomic mass is 79.9. The molecule has 0 aliphatic carbocycles. The van der Waals surface area contributed by atoms with E-state index in [0.29, 0.717) is 5.69 Å². The molecular formula is C10H10BrN3OS. The third kappa shape index (κ3) is 2.22. The fourth-order valence-corrected chi connectivity index (χ4v) is 1.97. The summed E-state index contributed by atoms with van der Waals surface area (Å²) in [7, 11) is 0. The zero-order valence-electron chi connectivity index (χ0n) is 8.61. The van der Waals surface area contributed by atoms with E-state index < -0.39 is 0 Å². The van der Waals surface area contributed by atoms with Crippen LogP contribution in [0.2, 0.25) is 0 Å². The van der Waals surface area contributed by atoms with Crippen molar-refractivity contribution < 1.29 is 4.79 Å². The molecule has 0 radical (unpaired) electrons. The van der Waals surface area contributed by atoms with Gasteiger partial charge in [0.2, 0.25) is 5.91 Å². The number of benzene rings is 1. The number of nitrogens with one attached hydrogen (secondary N) is 1. The van der Waals surface area contributed by atoms with Crippen molar-refractivity contribution in [1.82, 2.24) is 8.75 Å². The normalized spacial score (nSPS) is 12.6. The summed E-state index contributed by atoms with van der Waals surface area (Å²) in [4.78, 5) is 11.5. The Balaban J connectivity index is 2.27. The maximum absolute atomic E-state index is 11.7. The number of fused-ring (bicyclic) bond motifs is 1. The Bertz CT molecular complexity index is 513. The Morgan fingerprint density at radius 2 is 2.38 bits per heavy atom. The molecule has 2 aromatic rings. The summed E-state index contributed by atoms with van der Waals surface area (Å²) in [6, 6.07) is 5.56. The van der Waals surface area contributed by atoms with Crippen LogP contribution in [0.1, 0.15) is 13.3 Å². The van der Waals surface area contributed by atoms with Crippen LogP contribution in [-0.2, 0) is 4.79 Å². The maximum atomic E-state index is 11.7. The first-order valence-electron chi connectivity index (χ1n) is 4.88. The summed E-state index contributed by atoms with van der Waals surface area (Å²) in [5.41, 5.74) is 2.27. The van der Waals surface area contributed by atoms with Crippen LogP contribution < -0.4 is 5.32 Å². The van der Waals surface area contributed by atoms with Crippen molar-refractivity contribution >= 4 is 50.3 Å². The van der Waals surface area contributed by atoms with Crippen molar-refractivity contribution in [3.05, 3.63) is 18.2 Å². The number of hydrogen-bond donors (Lipinski definition) is 1. The molecule has 1 unspecified atom stereocenters. The minimum Gasteiger partial charge on any atom is -0.323 e. The molecule has 16 heavy (non-hydrogen) atoms. The summed E-state index contributed by atoms with van der Waals surface area (Å²) in [6.07, 6.45) is 0.747. The molecular weight excluding hydrogens is 290 g/mol. The second-order valence-corrected chi connectivity index (χ2v) is 4.94. The highest BCUT2D eigenvalue weighted by Gasteiger charge is 2.14. The van der Waals surface area contributed by atoms with Crippen LogP contribution in [0.25, 0.3) is 11.0 Å². The van der Waals surface area contributed by atoms with Gasteiger partial charge in [0, 0.05) is 0 Å². The van der Waals surface area contributed by atoms with Crippen molar-refractivity contribution in [3.8, 4) is 0 Å². The summed E-state index contributed by atoms with van der Waals surface area (Å²) >= 11 is 4.45. The van der Waals surface area contributed by atoms with E-state index in [1.54, 1.807) is 0 Å². The van der Waals surface area contributed by atoms with Crippen LogP contribution in [0.4, 0.5) is 5.69 Å². The Kier molecular flexibility index (Phi) is 3.50. The smallest absolute Gasteiger partial charge is 0.238 e. The Labute approximate surface area is 106 Å². The predicted octanol–water partition coefficient (Wildman–Crippen LogP) is 2.80. The van der Waals surface area contributed by atoms with Gasteiger partial charge in [0.1, 0.15) is 11.0 Å². The SMILES string of the molecule is CCC(Br)C(=O)Nc1cccc2nsnc12. The van der Waals surface area contributed by atoms with Gasteiger partial charge in [-0.2, -0.15) is 8.75 Å². The molecule has 2 rings (SSSR count). The first-order chi connectivity index (χ1) is 7.72. The largest absolute Gasteiger partial charge is 0.323 e. The molecule has 0 fully saturated rings. The molecule has 0 spiro atoms. The Morgan fingerprint density at radius 1 is 1.56 bits per heavy atom. The van der Waals surface area contributed by atoms with Gasteiger partial charge in [-0.3, -0.25) is 4.79 Å². The number of rotatable bonds is 3. The summed E-state index contributed by atoms with van der Waals surface area (Å²) in [5.74, 6) is -0.0528. The predicted molar refractivity (Wildman–Crippen MR) is 69.1 cm³/mol. The standard InChI is InChI=1S/C10H10BrN3OS/c1-2-6(11)10(15)12-7-4-3-5-8-9(7)14-16-13-8/h3-6H,2H2,1H3,(H,12,15). The number of aromatic nitrogens is 2. The molecule has 0 saturated carbocycles. The van der Waals surface area contributed by atoms with Crippen LogP contribution in [0.15, 0.2) is 18.2 Å². The highest BCUT2D eigenvalue weighted by Crippen LogP contribution is 2.22. The van der Waals surface area contributed by atoms with E-state index in [4.69, 9.17) is 0 Å². The molecule has 1 atom stereocenters. The molecule has 1 N–H and O–H groups in total. The number of hydrogen-bond acceptors (Lipinski definition) is 4. The van der Waals surface area contributed by atoms with Crippen molar-refractivity contribution in [2.45, 2.75) is 18.2 Å². The van der Waals surface area contributed by atoms with Crippen molar-refractivity contribution in [2.24, 2.45) is 0 Å². The third-order valence-corrected chi connectivity index (χ3v) is 3.79. The first kappa shape index (κ1) is 11.5. The van der Waals surface area contributed by atoms with Gasteiger partial charge in [-0.1, -0.05) is 28.9 Å². The quantitative estimate of drug-likeness (QED) is 0.887. The van der Waals surface area contributed by atoms with Gasteiger partial charge in [0.15, 0.2) is 0 Å². The lowest BCUT2D eigenvalue weighted by molar-refractivity contribution is -0.115. The number of anilines is 1. The van der Waals surface area contributed by atoms with E-state index in [0.717, 1.165) is 29.2 Å². The highest BCUT2D eigenvalue weighted by molar-refractivity contribution is 9.10. The number of nitrogens with zero attached hydrogens (tertiary/aromatic N) is 2. The van der Waals surface area contributed by atoms with Gasteiger partial charge < -0.3 is 5.32 Å².